The number of ether oxygens (including phenoxy) is 1. The third-order valence-corrected chi connectivity index (χ3v) is 3.77. The van der Waals surface area contributed by atoms with Crippen LogP contribution >= 0.6 is 23.2 Å². The Balaban J connectivity index is 1.78. The van der Waals surface area contributed by atoms with Crippen LogP contribution in [0, 0.1) is 0 Å². The van der Waals surface area contributed by atoms with E-state index >= 15 is 0 Å². The van der Waals surface area contributed by atoms with Crippen molar-refractivity contribution in [1.82, 2.24) is 9.97 Å². The van der Waals surface area contributed by atoms with Crippen molar-refractivity contribution in [3.63, 3.8) is 0 Å². The summed E-state index contributed by atoms with van der Waals surface area (Å²) < 4.78 is 4.72. The molecule has 3 rings (SSSR count). The second kappa shape index (κ2) is 8.03. The zero-order chi connectivity index (χ0) is 18.5. The van der Waals surface area contributed by atoms with E-state index in [9.17, 15) is 4.79 Å². The third kappa shape index (κ3) is 4.62. The van der Waals surface area contributed by atoms with Crippen LogP contribution < -0.4 is 10.6 Å². The van der Waals surface area contributed by atoms with Crippen LogP contribution in [0.2, 0.25) is 10.0 Å². The maximum absolute atomic E-state index is 11.6. The predicted molar refractivity (Wildman–Crippen MR) is 103 cm³/mol. The molecule has 132 valence electrons. The summed E-state index contributed by atoms with van der Waals surface area (Å²) in [6.07, 6.45) is 1.61. The molecule has 0 spiro atoms. The minimum atomic E-state index is -0.406. The molecule has 0 unspecified atom stereocenters. The van der Waals surface area contributed by atoms with E-state index in [1.54, 1.807) is 48.7 Å². The molecule has 0 aliphatic carbocycles. The Kier molecular flexibility index (Phi) is 5.55. The molecule has 1 aromatic heterocycles. The minimum absolute atomic E-state index is 0.373. The number of carbonyl (C=O) groups excluding carboxylic acids is 1. The fourth-order valence-electron chi connectivity index (χ4n) is 2.23. The Labute approximate surface area is 160 Å². The van der Waals surface area contributed by atoms with Crippen molar-refractivity contribution in [2.24, 2.45) is 0 Å². The highest BCUT2D eigenvalue weighted by Gasteiger charge is 2.07. The summed E-state index contributed by atoms with van der Waals surface area (Å²) in [5, 5.41) is 7.18. The van der Waals surface area contributed by atoms with Gasteiger partial charge in [-0.2, -0.15) is 4.98 Å². The molecule has 0 atom stereocenters. The number of nitrogens with zero attached hydrogens (tertiary/aromatic N) is 2. The predicted octanol–water partition coefficient (Wildman–Crippen LogP) is 5.06. The third-order valence-electron chi connectivity index (χ3n) is 3.33. The molecule has 0 saturated heterocycles. The van der Waals surface area contributed by atoms with E-state index in [2.05, 4.69) is 20.6 Å². The average Bonchev–Trinajstić information content (AvgIpc) is 2.60. The zero-order valence-electron chi connectivity index (χ0n) is 13.7. The van der Waals surface area contributed by atoms with Crippen LogP contribution in [0.15, 0.2) is 54.7 Å². The van der Waals surface area contributed by atoms with Gasteiger partial charge in [-0.25, -0.2) is 9.78 Å². The Morgan fingerprint density at radius 3 is 2.50 bits per heavy atom. The monoisotopic (exact) mass is 388 g/mol. The van der Waals surface area contributed by atoms with Gasteiger partial charge in [0.2, 0.25) is 5.95 Å². The Morgan fingerprint density at radius 2 is 1.77 bits per heavy atom. The van der Waals surface area contributed by atoms with Gasteiger partial charge in [0, 0.05) is 27.6 Å². The zero-order valence-corrected chi connectivity index (χ0v) is 15.2. The minimum Gasteiger partial charge on any atom is -0.465 e. The van der Waals surface area contributed by atoms with Gasteiger partial charge in [-0.05, 0) is 42.5 Å². The lowest BCUT2D eigenvalue weighted by Gasteiger charge is -2.10. The molecule has 0 saturated carbocycles. The molecule has 0 radical (unpaired) electrons. The maximum atomic E-state index is 11.6. The Hall–Kier alpha value is -2.83. The van der Waals surface area contributed by atoms with Gasteiger partial charge in [-0.3, -0.25) is 0 Å². The van der Waals surface area contributed by atoms with E-state index < -0.39 is 5.97 Å². The fraction of sp³-hybridized carbons (Fsp3) is 0.0556. The number of hydrogen-bond acceptors (Lipinski definition) is 6. The number of halogens is 2. The van der Waals surface area contributed by atoms with Crippen molar-refractivity contribution in [1.29, 1.82) is 0 Å². The Bertz CT molecular complexity index is 930. The highest BCUT2D eigenvalue weighted by molar-refractivity contribution is 6.35. The maximum Gasteiger partial charge on any atom is 0.337 e. The smallest absolute Gasteiger partial charge is 0.337 e. The van der Waals surface area contributed by atoms with E-state index in [0.29, 0.717) is 38.7 Å². The first kappa shape index (κ1) is 18.0. The van der Waals surface area contributed by atoms with Crippen LogP contribution in [0.5, 0.6) is 0 Å². The summed E-state index contributed by atoms with van der Waals surface area (Å²) in [7, 11) is 1.34. The molecular weight excluding hydrogens is 375 g/mol. The highest BCUT2D eigenvalue weighted by atomic mass is 35.5. The molecule has 3 aromatic rings. The first-order valence-electron chi connectivity index (χ1n) is 7.55. The van der Waals surface area contributed by atoms with Gasteiger partial charge >= 0.3 is 5.97 Å². The molecule has 6 nitrogen and oxygen atoms in total. The van der Waals surface area contributed by atoms with Crippen molar-refractivity contribution in [2.75, 3.05) is 17.7 Å². The molecular formula is C18H14Cl2N4O2. The van der Waals surface area contributed by atoms with Gasteiger partial charge in [0.15, 0.2) is 0 Å². The van der Waals surface area contributed by atoms with Crippen molar-refractivity contribution >= 4 is 52.3 Å². The number of benzene rings is 2. The molecule has 0 bridgehead atoms. The SMILES string of the molecule is COC(=O)c1cccc(Nc2ccnc(Nc3cc(Cl)cc(Cl)c3)n2)c1. The molecule has 2 aromatic carbocycles. The van der Waals surface area contributed by atoms with Gasteiger partial charge in [0.25, 0.3) is 0 Å². The van der Waals surface area contributed by atoms with Crippen LogP contribution in [0.25, 0.3) is 0 Å². The molecule has 0 aliphatic rings. The van der Waals surface area contributed by atoms with Crippen molar-refractivity contribution in [3.8, 4) is 0 Å². The number of rotatable bonds is 5. The lowest BCUT2D eigenvalue weighted by molar-refractivity contribution is 0.0601. The Morgan fingerprint density at radius 1 is 1.00 bits per heavy atom. The molecule has 0 fully saturated rings. The number of nitrogens with one attached hydrogen (secondary N) is 2. The number of hydrogen-bond donors (Lipinski definition) is 2. The summed E-state index contributed by atoms with van der Waals surface area (Å²) in [6, 6.07) is 13.7. The topological polar surface area (TPSA) is 76.1 Å². The van der Waals surface area contributed by atoms with Crippen LogP contribution in [-0.2, 0) is 4.74 Å². The summed E-state index contributed by atoms with van der Waals surface area (Å²) in [6.45, 7) is 0. The lowest BCUT2D eigenvalue weighted by Crippen LogP contribution is -2.03. The standard InChI is InChI=1S/C18H14Cl2N4O2/c1-26-17(25)11-3-2-4-14(7-11)22-16-5-6-21-18(24-16)23-15-9-12(19)8-13(20)10-15/h2-10H,1H3,(H2,21,22,23,24). The average molecular weight is 389 g/mol. The number of carbonyl (C=O) groups is 1. The van der Waals surface area contributed by atoms with Crippen LogP contribution in [0.4, 0.5) is 23.1 Å². The fourth-order valence-corrected chi connectivity index (χ4v) is 2.76. The molecule has 1 heterocycles. The molecule has 2 N–H and O–H groups in total. The van der Waals surface area contributed by atoms with Gasteiger partial charge in [0.05, 0.1) is 12.7 Å². The number of esters is 1. The lowest BCUT2D eigenvalue weighted by atomic mass is 10.2. The molecule has 0 aliphatic heterocycles. The highest BCUT2D eigenvalue weighted by Crippen LogP contribution is 2.25. The largest absolute Gasteiger partial charge is 0.465 e. The quantitative estimate of drug-likeness (QED) is 0.595. The van der Waals surface area contributed by atoms with Gasteiger partial charge in [-0.15, -0.1) is 0 Å². The second-order valence-corrected chi connectivity index (χ2v) is 6.12. The summed E-state index contributed by atoms with van der Waals surface area (Å²) in [4.78, 5) is 20.2. The van der Waals surface area contributed by atoms with E-state index in [-0.39, 0.29) is 0 Å². The molecule has 8 heteroatoms. The second-order valence-electron chi connectivity index (χ2n) is 5.25. The van der Waals surface area contributed by atoms with E-state index in [1.165, 1.54) is 7.11 Å². The normalized spacial score (nSPS) is 10.3. The van der Waals surface area contributed by atoms with Crippen molar-refractivity contribution < 1.29 is 9.53 Å². The van der Waals surface area contributed by atoms with Gasteiger partial charge < -0.3 is 15.4 Å². The van der Waals surface area contributed by atoms with E-state index in [4.69, 9.17) is 27.9 Å². The first-order chi connectivity index (χ1) is 12.5. The van der Waals surface area contributed by atoms with Gasteiger partial charge in [-0.1, -0.05) is 29.3 Å². The summed E-state index contributed by atoms with van der Waals surface area (Å²) in [5.41, 5.74) is 1.81. The molecule has 26 heavy (non-hydrogen) atoms. The molecule has 0 amide bonds. The van der Waals surface area contributed by atoms with E-state index in [0.717, 1.165) is 0 Å². The van der Waals surface area contributed by atoms with Crippen LogP contribution in [0.3, 0.4) is 0 Å². The van der Waals surface area contributed by atoms with Crippen molar-refractivity contribution in [2.45, 2.75) is 0 Å². The number of anilines is 4. The summed E-state index contributed by atoms with van der Waals surface area (Å²) in [5.74, 6) is 0.520. The van der Waals surface area contributed by atoms with Crippen molar-refractivity contribution in [3.05, 3.63) is 70.3 Å². The van der Waals surface area contributed by atoms with Crippen LogP contribution in [-0.4, -0.2) is 23.0 Å². The number of methoxy groups -OCH3 is 1. The van der Waals surface area contributed by atoms with E-state index in [1.807, 2.05) is 6.07 Å². The summed E-state index contributed by atoms with van der Waals surface area (Å²) >= 11 is 12.0. The number of aromatic nitrogens is 2. The van der Waals surface area contributed by atoms with Gasteiger partial charge in [0.1, 0.15) is 5.82 Å². The first-order valence-corrected chi connectivity index (χ1v) is 8.30. The van der Waals surface area contributed by atoms with Crippen LogP contribution in [0.1, 0.15) is 10.4 Å².